The summed E-state index contributed by atoms with van der Waals surface area (Å²) in [4.78, 5) is 26.1. The number of aromatic nitrogens is 1. The number of nitrogens with zero attached hydrogens (tertiary/aromatic N) is 2. The first-order chi connectivity index (χ1) is 8.95. The van der Waals surface area contributed by atoms with E-state index in [9.17, 15) is 14.9 Å². The van der Waals surface area contributed by atoms with Gasteiger partial charge in [0.15, 0.2) is 0 Å². The van der Waals surface area contributed by atoms with E-state index < -0.39 is 10.9 Å². The monoisotopic (exact) mass is 261 g/mol. The van der Waals surface area contributed by atoms with Crippen LogP contribution in [0.2, 0.25) is 0 Å². The predicted molar refractivity (Wildman–Crippen MR) is 68.9 cm³/mol. The fraction of sp³-hybridized carbons (Fsp3) is 0.167. The van der Waals surface area contributed by atoms with Crippen molar-refractivity contribution in [2.75, 3.05) is 12.8 Å². The van der Waals surface area contributed by atoms with Gasteiger partial charge in [0.05, 0.1) is 28.9 Å². The third-order valence-corrected chi connectivity index (χ3v) is 2.79. The van der Waals surface area contributed by atoms with E-state index in [0.717, 1.165) is 0 Å². The third-order valence-electron chi connectivity index (χ3n) is 2.79. The minimum absolute atomic E-state index is 0.110. The van der Waals surface area contributed by atoms with E-state index in [-0.39, 0.29) is 16.9 Å². The summed E-state index contributed by atoms with van der Waals surface area (Å²) >= 11 is 0. The van der Waals surface area contributed by atoms with Gasteiger partial charge in [-0.05, 0) is 13.0 Å². The molecule has 0 aliphatic rings. The maximum Gasteiger partial charge on any atom is 0.341 e. The fourth-order valence-corrected chi connectivity index (χ4v) is 1.88. The molecule has 2 rings (SSSR count). The zero-order valence-electron chi connectivity index (χ0n) is 10.3. The highest BCUT2D eigenvalue weighted by molar-refractivity contribution is 6.05. The van der Waals surface area contributed by atoms with E-state index in [0.29, 0.717) is 16.6 Å². The molecule has 0 amide bonds. The number of nitro groups is 1. The van der Waals surface area contributed by atoms with Crippen LogP contribution in [-0.2, 0) is 4.74 Å². The van der Waals surface area contributed by atoms with Gasteiger partial charge in [0.25, 0.3) is 5.69 Å². The van der Waals surface area contributed by atoms with E-state index >= 15 is 0 Å². The molecule has 7 heteroatoms. The standard InChI is InChI=1S/C12H11N3O4/c1-6-10(12(16)19-2)11(13)8-5-7(15(17)18)3-4-9(8)14-6/h3-5H,1-2H3,(H2,13,14). The minimum Gasteiger partial charge on any atom is -0.465 e. The van der Waals surface area contributed by atoms with Crippen molar-refractivity contribution >= 4 is 28.2 Å². The van der Waals surface area contributed by atoms with Crippen LogP contribution < -0.4 is 5.73 Å². The number of pyridine rings is 1. The Labute approximate surface area is 108 Å². The Morgan fingerprint density at radius 1 is 1.47 bits per heavy atom. The number of aryl methyl sites for hydroxylation is 1. The molecule has 2 aromatic rings. The van der Waals surface area contributed by atoms with Crippen molar-refractivity contribution in [2.45, 2.75) is 6.92 Å². The van der Waals surface area contributed by atoms with Gasteiger partial charge in [-0.3, -0.25) is 15.1 Å². The first kappa shape index (κ1) is 12.7. The van der Waals surface area contributed by atoms with Crippen LogP contribution in [0.15, 0.2) is 18.2 Å². The first-order valence-corrected chi connectivity index (χ1v) is 5.38. The van der Waals surface area contributed by atoms with Crippen LogP contribution in [0.3, 0.4) is 0 Å². The zero-order chi connectivity index (χ0) is 14.2. The van der Waals surface area contributed by atoms with Crippen molar-refractivity contribution in [3.05, 3.63) is 39.6 Å². The Morgan fingerprint density at radius 2 is 2.16 bits per heavy atom. The zero-order valence-corrected chi connectivity index (χ0v) is 10.3. The highest BCUT2D eigenvalue weighted by atomic mass is 16.6. The van der Waals surface area contributed by atoms with E-state index in [1.165, 1.54) is 25.3 Å². The van der Waals surface area contributed by atoms with Gasteiger partial charge in [-0.1, -0.05) is 0 Å². The molecule has 2 N–H and O–H groups in total. The maximum absolute atomic E-state index is 11.6. The Hall–Kier alpha value is -2.70. The van der Waals surface area contributed by atoms with Crippen LogP contribution in [0, 0.1) is 17.0 Å². The molecule has 0 spiro atoms. The van der Waals surface area contributed by atoms with Crippen molar-refractivity contribution in [1.29, 1.82) is 0 Å². The van der Waals surface area contributed by atoms with Crippen LogP contribution in [0.1, 0.15) is 16.1 Å². The molecule has 0 bridgehead atoms. The topological polar surface area (TPSA) is 108 Å². The molecule has 0 atom stereocenters. The minimum atomic E-state index is -0.615. The lowest BCUT2D eigenvalue weighted by Gasteiger charge is -2.10. The van der Waals surface area contributed by atoms with Crippen LogP contribution in [0.5, 0.6) is 0 Å². The van der Waals surface area contributed by atoms with Gasteiger partial charge in [-0.2, -0.15) is 0 Å². The number of carbonyl (C=O) groups is 1. The van der Waals surface area contributed by atoms with Gasteiger partial charge in [0.1, 0.15) is 5.56 Å². The second kappa shape index (κ2) is 4.52. The van der Waals surface area contributed by atoms with E-state index in [2.05, 4.69) is 9.72 Å². The van der Waals surface area contributed by atoms with Gasteiger partial charge < -0.3 is 10.5 Å². The number of esters is 1. The number of nitrogen functional groups attached to an aromatic ring is 1. The largest absolute Gasteiger partial charge is 0.465 e. The SMILES string of the molecule is COC(=O)c1c(C)nc2ccc([N+](=O)[O-])cc2c1N. The molecule has 0 aliphatic carbocycles. The van der Waals surface area contributed by atoms with Crippen molar-refractivity contribution in [1.82, 2.24) is 4.98 Å². The summed E-state index contributed by atoms with van der Waals surface area (Å²) in [6.45, 7) is 1.63. The second-order valence-electron chi connectivity index (χ2n) is 3.94. The molecule has 0 aliphatic heterocycles. The molecular weight excluding hydrogens is 250 g/mol. The highest BCUT2D eigenvalue weighted by Gasteiger charge is 2.19. The molecule has 0 saturated heterocycles. The molecule has 19 heavy (non-hydrogen) atoms. The summed E-state index contributed by atoms with van der Waals surface area (Å²) in [5.41, 5.74) is 6.98. The fourth-order valence-electron chi connectivity index (χ4n) is 1.88. The quantitative estimate of drug-likeness (QED) is 0.501. The molecule has 98 valence electrons. The Bertz CT molecular complexity index is 697. The van der Waals surface area contributed by atoms with Crippen molar-refractivity contribution in [3.63, 3.8) is 0 Å². The molecule has 1 aromatic heterocycles. The molecule has 0 unspecified atom stereocenters. The van der Waals surface area contributed by atoms with Crippen LogP contribution in [0.25, 0.3) is 10.9 Å². The van der Waals surface area contributed by atoms with E-state index in [4.69, 9.17) is 5.73 Å². The number of hydrogen-bond acceptors (Lipinski definition) is 6. The van der Waals surface area contributed by atoms with Gasteiger partial charge in [0, 0.05) is 17.5 Å². The molecule has 0 radical (unpaired) electrons. The third kappa shape index (κ3) is 2.05. The summed E-state index contributed by atoms with van der Waals surface area (Å²) < 4.78 is 4.63. The molecule has 7 nitrogen and oxygen atoms in total. The maximum atomic E-state index is 11.6. The summed E-state index contributed by atoms with van der Waals surface area (Å²) in [5.74, 6) is -0.615. The van der Waals surface area contributed by atoms with Gasteiger partial charge in [-0.25, -0.2) is 4.79 Å². The van der Waals surface area contributed by atoms with Gasteiger partial charge in [0.2, 0.25) is 0 Å². The number of anilines is 1. The Morgan fingerprint density at radius 3 is 2.74 bits per heavy atom. The van der Waals surface area contributed by atoms with Crippen molar-refractivity contribution in [2.24, 2.45) is 0 Å². The molecule has 1 heterocycles. The highest BCUT2D eigenvalue weighted by Crippen LogP contribution is 2.29. The van der Waals surface area contributed by atoms with Crippen LogP contribution in [0.4, 0.5) is 11.4 Å². The van der Waals surface area contributed by atoms with Crippen molar-refractivity contribution < 1.29 is 14.5 Å². The number of fused-ring (bicyclic) bond motifs is 1. The summed E-state index contributed by atoms with van der Waals surface area (Å²) in [6.07, 6.45) is 0. The molecular formula is C12H11N3O4. The van der Waals surface area contributed by atoms with Crippen LogP contribution >= 0.6 is 0 Å². The average Bonchev–Trinajstić information content (AvgIpc) is 2.37. The summed E-state index contributed by atoms with van der Waals surface area (Å²) in [7, 11) is 1.23. The Kier molecular flexibility index (Phi) is 3.04. The predicted octanol–water partition coefficient (Wildman–Crippen LogP) is 1.82. The van der Waals surface area contributed by atoms with Crippen LogP contribution in [-0.4, -0.2) is 23.0 Å². The summed E-state index contributed by atoms with van der Waals surface area (Å²) in [6, 6.07) is 4.13. The number of carbonyl (C=O) groups excluding carboxylic acids is 1. The number of rotatable bonds is 2. The summed E-state index contributed by atoms with van der Waals surface area (Å²) in [5, 5.41) is 11.1. The number of non-ortho nitro benzene ring substituents is 1. The lowest BCUT2D eigenvalue weighted by atomic mass is 10.1. The lowest BCUT2D eigenvalue weighted by Crippen LogP contribution is -2.10. The number of methoxy groups -OCH3 is 1. The molecule has 0 fully saturated rings. The smallest absolute Gasteiger partial charge is 0.341 e. The molecule has 1 aromatic carbocycles. The normalized spacial score (nSPS) is 10.4. The lowest BCUT2D eigenvalue weighted by molar-refractivity contribution is -0.384. The number of hydrogen-bond donors (Lipinski definition) is 1. The average molecular weight is 261 g/mol. The number of nitrogens with two attached hydrogens (primary N) is 1. The number of ether oxygens (including phenoxy) is 1. The molecule has 0 saturated carbocycles. The van der Waals surface area contributed by atoms with E-state index in [1.54, 1.807) is 6.92 Å². The number of benzene rings is 1. The van der Waals surface area contributed by atoms with Crippen molar-refractivity contribution in [3.8, 4) is 0 Å². The van der Waals surface area contributed by atoms with Gasteiger partial charge in [-0.15, -0.1) is 0 Å². The van der Waals surface area contributed by atoms with E-state index in [1.807, 2.05) is 0 Å². The second-order valence-corrected chi connectivity index (χ2v) is 3.94. The number of nitro benzene ring substituents is 1. The first-order valence-electron chi connectivity index (χ1n) is 5.38. The van der Waals surface area contributed by atoms with Gasteiger partial charge >= 0.3 is 5.97 Å². The Balaban J connectivity index is 2.80.